The zero-order chi connectivity index (χ0) is 10.4. The van der Waals surface area contributed by atoms with Gasteiger partial charge in [0.1, 0.15) is 5.82 Å². The molecular weight excluding hydrogens is 199 g/mol. The van der Waals surface area contributed by atoms with E-state index < -0.39 is 0 Å². The van der Waals surface area contributed by atoms with Crippen molar-refractivity contribution in [2.45, 2.75) is 19.4 Å². The van der Waals surface area contributed by atoms with Crippen molar-refractivity contribution in [3.8, 4) is 0 Å². The average molecular weight is 214 g/mol. The molecule has 2 N–H and O–H groups in total. The van der Waals surface area contributed by atoms with Gasteiger partial charge >= 0.3 is 0 Å². The number of pyridine rings is 1. The lowest BCUT2D eigenvalue weighted by Crippen LogP contribution is -2.15. The molecule has 4 heteroatoms. The summed E-state index contributed by atoms with van der Waals surface area (Å²) in [5.41, 5.74) is 6.41. The van der Waals surface area contributed by atoms with Crippen LogP contribution >= 0.6 is 11.8 Å². The second-order valence-electron chi connectivity index (χ2n) is 3.08. The number of nitrogens with two attached hydrogens (primary N) is 1. The van der Waals surface area contributed by atoms with Gasteiger partial charge in [0.25, 0.3) is 0 Å². The number of thioether (sulfide) groups is 1. The Morgan fingerprint density at radius 1 is 1.64 bits per heavy atom. The summed E-state index contributed by atoms with van der Waals surface area (Å²) in [5.74, 6) is 1.52. The summed E-state index contributed by atoms with van der Waals surface area (Å²) in [7, 11) is 0. The van der Waals surface area contributed by atoms with Crippen LogP contribution in [0, 0.1) is 5.82 Å². The highest BCUT2D eigenvalue weighted by Crippen LogP contribution is 2.18. The molecule has 1 aromatic rings. The lowest BCUT2D eigenvalue weighted by molar-refractivity contribution is 0.589. The van der Waals surface area contributed by atoms with Crippen molar-refractivity contribution in [3.05, 3.63) is 29.8 Å². The topological polar surface area (TPSA) is 38.9 Å². The predicted molar refractivity (Wildman–Crippen MR) is 58.7 cm³/mol. The summed E-state index contributed by atoms with van der Waals surface area (Å²) >= 11 is 1.75. The maximum Gasteiger partial charge on any atom is 0.146 e. The van der Waals surface area contributed by atoms with E-state index in [1.165, 1.54) is 6.20 Å². The largest absolute Gasteiger partial charge is 0.323 e. The normalized spacial score (nSPS) is 12.8. The Bertz CT molecular complexity index is 281. The Kier molecular flexibility index (Phi) is 4.90. The Morgan fingerprint density at radius 2 is 2.43 bits per heavy atom. The summed E-state index contributed by atoms with van der Waals surface area (Å²) in [6.45, 7) is 2.12. The molecule has 1 heterocycles. The van der Waals surface area contributed by atoms with Gasteiger partial charge in [-0.3, -0.25) is 4.98 Å². The minimum Gasteiger partial charge on any atom is -0.323 e. The first-order chi connectivity index (χ1) is 6.75. The average Bonchev–Trinajstić information content (AvgIpc) is 2.18. The molecule has 0 saturated heterocycles. The Hall–Kier alpha value is -0.610. The lowest BCUT2D eigenvalue weighted by atomic mass is 10.1. The molecule has 0 aromatic carbocycles. The van der Waals surface area contributed by atoms with E-state index >= 15 is 0 Å². The van der Waals surface area contributed by atoms with Gasteiger partial charge in [-0.1, -0.05) is 6.92 Å². The van der Waals surface area contributed by atoms with E-state index in [-0.39, 0.29) is 11.9 Å². The smallest absolute Gasteiger partial charge is 0.146 e. The molecule has 0 saturated carbocycles. The van der Waals surface area contributed by atoms with Crippen LogP contribution in [0.2, 0.25) is 0 Å². The third-order valence-electron chi connectivity index (χ3n) is 1.85. The molecule has 78 valence electrons. The Labute approximate surface area is 88.1 Å². The lowest BCUT2D eigenvalue weighted by Gasteiger charge is -2.11. The van der Waals surface area contributed by atoms with E-state index in [0.717, 1.165) is 17.9 Å². The summed E-state index contributed by atoms with van der Waals surface area (Å²) in [6, 6.07) is 1.42. The maximum absolute atomic E-state index is 13.2. The van der Waals surface area contributed by atoms with Gasteiger partial charge in [-0.25, -0.2) is 4.39 Å². The van der Waals surface area contributed by atoms with Gasteiger partial charge in [0, 0.05) is 23.6 Å². The summed E-state index contributed by atoms with van der Waals surface area (Å²) in [6.07, 6.45) is 3.90. The molecule has 0 aliphatic heterocycles. The van der Waals surface area contributed by atoms with E-state index in [0.29, 0.717) is 5.56 Å². The van der Waals surface area contributed by atoms with Crippen LogP contribution in [0.15, 0.2) is 18.5 Å². The first kappa shape index (κ1) is 11.5. The van der Waals surface area contributed by atoms with Crippen molar-refractivity contribution in [3.63, 3.8) is 0 Å². The monoisotopic (exact) mass is 214 g/mol. The molecule has 2 nitrogen and oxygen atoms in total. The Balaban J connectivity index is 2.51. The van der Waals surface area contributed by atoms with Crippen LogP contribution in [0.4, 0.5) is 4.39 Å². The molecule has 0 bridgehead atoms. The second-order valence-corrected chi connectivity index (χ2v) is 4.23. The van der Waals surface area contributed by atoms with E-state index in [4.69, 9.17) is 5.73 Å². The zero-order valence-electron chi connectivity index (χ0n) is 8.24. The molecule has 1 rings (SSSR count). The summed E-state index contributed by atoms with van der Waals surface area (Å²) < 4.78 is 13.2. The van der Waals surface area contributed by atoms with Gasteiger partial charge in [-0.2, -0.15) is 11.8 Å². The molecule has 1 atom stereocenters. The predicted octanol–water partition coefficient (Wildman–Crippen LogP) is 2.36. The molecular formula is C10H15FN2S. The van der Waals surface area contributed by atoms with Crippen molar-refractivity contribution in [2.75, 3.05) is 11.5 Å². The fraction of sp³-hybridized carbons (Fsp3) is 0.500. The van der Waals surface area contributed by atoms with Gasteiger partial charge in [0.05, 0.1) is 6.20 Å². The van der Waals surface area contributed by atoms with Crippen molar-refractivity contribution in [1.82, 2.24) is 4.98 Å². The van der Waals surface area contributed by atoms with Gasteiger partial charge < -0.3 is 5.73 Å². The third kappa shape index (κ3) is 3.27. The summed E-state index contributed by atoms with van der Waals surface area (Å²) in [5, 5.41) is 0. The minimum absolute atomic E-state index is 0.227. The number of hydrogen-bond acceptors (Lipinski definition) is 3. The van der Waals surface area contributed by atoms with Crippen molar-refractivity contribution in [1.29, 1.82) is 0 Å². The molecule has 0 amide bonds. The van der Waals surface area contributed by atoms with Crippen molar-refractivity contribution in [2.24, 2.45) is 5.73 Å². The molecule has 14 heavy (non-hydrogen) atoms. The van der Waals surface area contributed by atoms with Crippen LogP contribution < -0.4 is 5.73 Å². The van der Waals surface area contributed by atoms with Gasteiger partial charge in [0.2, 0.25) is 0 Å². The SMILES string of the molecule is CCCSCC(N)c1ccncc1F. The van der Waals surface area contributed by atoms with E-state index in [1.54, 1.807) is 24.0 Å². The molecule has 0 radical (unpaired) electrons. The molecule has 1 aromatic heterocycles. The molecule has 0 fully saturated rings. The van der Waals surface area contributed by atoms with Crippen LogP contribution in [0.3, 0.4) is 0 Å². The molecule has 0 aliphatic carbocycles. The highest BCUT2D eigenvalue weighted by Gasteiger charge is 2.10. The first-order valence-electron chi connectivity index (χ1n) is 4.68. The number of aromatic nitrogens is 1. The standard InChI is InChI=1S/C10H15FN2S/c1-2-5-14-7-10(12)8-3-4-13-6-9(8)11/h3-4,6,10H,2,5,7,12H2,1H3. The number of rotatable bonds is 5. The third-order valence-corrected chi connectivity index (χ3v) is 3.14. The fourth-order valence-corrected chi connectivity index (χ4v) is 2.02. The Morgan fingerprint density at radius 3 is 3.07 bits per heavy atom. The van der Waals surface area contributed by atoms with Crippen LogP contribution in [0.1, 0.15) is 24.9 Å². The van der Waals surface area contributed by atoms with Crippen molar-refractivity contribution >= 4 is 11.8 Å². The number of halogens is 1. The first-order valence-corrected chi connectivity index (χ1v) is 5.84. The van der Waals surface area contributed by atoms with Gasteiger partial charge in [0.15, 0.2) is 0 Å². The van der Waals surface area contributed by atoms with Crippen LogP contribution in [0.5, 0.6) is 0 Å². The molecule has 0 spiro atoms. The highest BCUT2D eigenvalue weighted by molar-refractivity contribution is 7.99. The maximum atomic E-state index is 13.2. The molecule has 1 unspecified atom stereocenters. The van der Waals surface area contributed by atoms with E-state index in [1.807, 2.05) is 0 Å². The van der Waals surface area contributed by atoms with E-state index in [9.17, 15) is 4.39 Å². The number of nitrogens with zero attached hydrogens (tertiary/aromatic N) is 1. The van der Waals surface area contributed by atoms with Gasteiger partial charge in [-0.15, -0.1) is 0 Å². The second kappa shape index (κ2) is 5.98. The van der Waals surface area contributed by atoms with Crippen LogP contribution in [0.25, 0.3) is 0 Å². The summed E-state index contributed by atoms with van der Waals surface area (Å²) in [4.78, 5) is 3.69. The minimum atomic E-state index is -0.308. The van der Waals surface area contributed by atoms with E-state index in [2.05, 4.69) is 11.9 Å². The number of hydrogen-bond donors (Lipinski definition) is 1. The van der Waals surface area contributed by atoms with Crippen molar-refractivity contribution < 1.29 is 4.39 Å². The van der Waals surface area contributed by atoms with Crippen LogP contribution in [-0.4, -0.2) is 16.5 Å². The fourth-order valence-electron chi connectivity index (χ4n) is 1.13. The quantitative estimate of drug-likeness (QED) is 0.765. The zero-order valence-corrected chi connectivity index (χ0v) is 9.06. The molecule has 0 aliphatic rings. The van der Waals surface area contributed by atoms with Gasteiger partial charge in [-0.05, 0) is 18.2 Å². The van der Waals surface area contributed by atoms with Crippen LogP contribution in [-0.2, 0) is 0 Å². The highest BCUT2D eigenvalue weighted by atomic mass is 32.2.